The van der Waals surface area contributed by atoms with Crippen LogP contribution in [0.3, 0.4) is 0 Å². The van der Waals surface area contributed by atoms with Crippen LogP contribution in [0.15, 0.2) is 76.1 Å². The maximum absolute atomic E-state index is 13.3. The van der Waals surface area contributed by atoms with Crippen LogP contribution in [0.2, 0.25) is 0 Å². The molecule has 140 valence electrons. The van der Waals surface area contributed by atoms with Gasteiger partial charge in [0.05, 0.1) is 11.4 Å². The number of amides is 1. The Morgan fingerprint density at radius 3 is 2.71 bits per heavy atom. The van der Waals surface area contributed by atoms with Gasteiger partial charge in [0.1, 0.15) is 5.82 Å². The third-order valence-corrected chi connectivity index (χ3v) is 4.41. The number of nitrogens with one attached hydrogen (secondary N) is 2. The molecule has 7 heteroatoms. The summed E-state index contributed by atoms with van der Waals surface area (Å²) >= 11 is 0. The van der Waals surface area contributed by atoms with E-state index in [2.05, 4.69) is 15.3 Å². The van der Waals surface area contributed by atoms with Gasteiger partial charge in [-0.3, -0.25) is 14.8 Å². The van der Waals surface area contributed by atoms with E-state index in [4.69, 9.17) is 4.42 Å². The fourth-order valence-electron chi connectivity index (χ4n) is 3.04. The van der Waals surface area contributed by atoms with E-state index in [1.54, 1.807) is 42.6 Å². The van der Waals surface area contributed by atoms with Gasteiger partial charge in [0.25, 0.3) is 0 Å². The minimum Gasteiger partial charge on any atom is -0.408 e. The van der Waals surface area contributed by atoms with Gasteiger partial charge in [-0.05, 0) is 48.0 Å². The molecule has 2 aromatic carbocycles. The minimum absolute atomic E-state index is 0.262. The summed E-state index contributed by atoms with van der Waals surface area (Å²) in [5, 5.41) is 2.85. The molecule has 0 fully saturated rings. The van der Waals surface area contributed by atoms with Gasteiger partial charge in [-0.1, -0.05) is 18.2 Å². The van der Waals surface area contributed by atoms with Crippen molar-refractivity contribution in [3.63, 3.8) is 0 Å². The second-order valence-electron chi connectivity index (χ2n) is 6.34. The molecule has 4 rings (SSSR count). The molecule has 28 heavy (non-hydrogen) atoms. The van der Waals surface area contributed by atoms with Crippen molar-refractivity contribution in [1.29, 1.82) is 0 Å². The molecule has 0 saturated heterocycles. The number of nitrogens with zero attached hydrogens (tertiary/aromatic N) is 1. The highest BCUT2D eigenvalue weighted by atomic mass is 19.1. The zero-order valence-electron chi connectivity index (χ0n) is 14.7. The van der Waals surface area contributed by atoms with Crippen molar-refractivity contribution in [3.8, 4) is 0 Å². The first-order valence-electron chi connectivity index (χ1n) is 8.67. The van der Waals surface area contributed by atoms with E-state index in [0.717, 1.165) is 5.69 Å². The van der Waals surface area contributed by atoms with Crippen LogP contribution in [0.25, 0.3) is 11.1 Å². The van der Waals surface area contributed by atoms with Crippen molar-refractivity contribution in [2.45, 2.75) is 12.3 Å². The first-order chi connectivity index (χ1) is 13.6. The molecule has 6 nitrogen and oxygen atoms in total. The number of hydrogen-bond acceptors (Lipinski definition) is 4. The number of pyridine rings is 1. The van der Waals surface area contributed by atoms with E-state index < -0.39 is 11.7 Å². The van der Waals surface area contributed by atoms with Crippen molar-refractivity contribution in [3.05, 3.63) is 94.5 Å². The third-order valence-electron chi connectivity index (χ3n) is 4.41. The molecule has 0 spiro atoms. The van der Waals surface area contributed by atoms with Crippen LogP contribution in [-0.2, 0) is 11.2 Å². The van der Waals surface area contributed by atoms with E-state index in [1.165, 1.54) is 12.1 Å². The zero-order chi connectivity index (χ0) is 19.5. The molecular formula is C21H16FN3O3. The van der Waals surface area contributed by atoms with Gasteiger partial charge in [0.15, 0.2) is 5.58 Å². The standard InChI is InChI=1S/C21H16FN3O3/c22-14-6-4-13(5-7-14)17(11-15-3-1-2-10-23-15)20(26)24-16-8-9-19-18(12-16)25-21(27)28-19/h1-10,12,17H,11H2,(H,24,26)(H,25,27). The van der Waals surface area contributed by atoms with Crippen LogP contribution in [0.4, 0.5) is 10.1 Å². The molecule has 0 radical (unpaired) electrons. The van der Waals surface area contributed by atoms with Crippen molar-refractivity contribution in [2.24, 2.45) is 0 Å². The van der Waals surface area contributed by atoms with Gasteiger partial charge in [-0.25, -0.2) is 9.18 Å². The molecule has 0 aliphatic carbocycles. The number of aromatic amines is 1. The Morgan fingerprint density at radius 2 is 1.96 bits per heavy atom. The quantitative estimate of drug-likeness (QED) is 0.556. The second kappa shape index (κ2) is 7.48. The molecule has 0 bridgehead atoms. The van der Waals surface area contributed by atoms with Crippen LogP contribution < -0.4 is 11.1 Å². The number of carbonyl (C=O) groups is 1. The average molecular weight is 377 g/mol. The highest BCUT2D eigenvalue weighted by Crippen LogP contribution is 2.24. The molecule has 2 heterocycles. The van der Waals surface area contributed by atoms with Gasteiger partial charge >= 0.3 is 5.76 Å². The van der Waals surface area contributed by atoms with Gasteiger partial charge in [0.2, 0.25) is 5.91 Å². The Bertz CT molecular complexity index is 1170. The number of rotatable bonds is 5. The summed E-state index contributed by atoms with van der Waals surface area (Å²) < 4.78 is 18.3. The van der Waals surface area contributed by atoms with E-state index in [9.17, 15) is 14.0 Å². The van der Waals surface area contributed by atoms with Gasteiger partial charge in [0, 0.05) is 24.0 Å². The summed E-state index contributed by atoms with van der Waals surface area (Å²) in [4.78, 5) is 31.2. The fourth-order valence-corrected chi connectivity index (χ4v) is 3.04. The second-order valence-corrected chi connectivity index (χ2v) is 6.34. The van der Waals surface area contributed by atoms with E-state index >= 15 is 0 Å². The fraction of sp³-hybridized carbons (Fsp3) is 0.0952. The van der Waals surface area contributed by atoms with Gasteiger partial charge in [-0.15, -0.1) is 0 Å². The maximum atomic E-state index is 13.3. The first-order valence-corrected chi connectivity index (χ1v) is 8.67. The van der Waals surface area contributed by atoms with Crippen molar-refractivity contribution >= 4 is 22.7 Å². The number of fused-ring (bicyclic) bond motifs is 1. The number of hydrogen-bond donors (Lipinski definition) is 2. The number of aromatic nitrogens is 2. The normalized spacial score (nSPS) is 12.0. The number of carbonyl (C=O) groups excluding carboxylic acids is 1. The maximum Gasteiger partial charge on any atom is 0.417 e. The predicted octanol–water partition coefficient (Wildman–Crippen LogP) is 3.62. The van der Waals surface area contributed by atoms with Crippen LogP contribution >= 0.6 is 0 Å². The average Bonchev–Trinajstić information content (AvgIpc) is 3.07. The smallest absolute Gasteiger partial charge is 0.408 e. The lowest BCUT2D eigenvalue weighted by Crippen LogP contribution is -2.23. The number of halogens is 1. The predicted molar refractivity (Wildman–Crippen MR) is 103 cm³/mol. The summed E-state index contributed by atoms with van der Waals surface area (Å²) in [5.74, 6) is -1.75. The van der Waals surface area contributed by atoms with Crippen LogP contribution in [-0.4, -0.2) is 15.9 Å². The molecule has 2 N–H and O–H groups in total. The van der Waals surface area contributed by atoms with E-state index in [1.807, 2.05) is 12.1 Å². The lowest BCUT2D eigenvalue weighted by Gasteiger charge is -2.17. The molecule has 4 aromatic rings. The minimum atomic E-state index is -0.561. The zero-order valence-corrected chi connectivity index (χ0v) is 14.7. The molecule has 0 aliphatic heterocycles. The number of benzene rings is 2. The largest absolute Gasteiger partial charge is 0.417 e. The van der Waals surface area contributed by atoms with E-state index in [0.29, 0.717) is 28.8 Å². The topological polar surface area (TPSA) is 88.0 Å². The highest BCUT2D eigenvalue weighted by molar-refractivity contribution is 5.97. The van der Waals surface area contributed by atoms with Crippen molar-refractivity contribution in [2.75, 3.05) is 5.32 Å². The Morgan fingerprint density at radius 1 is 1.14 bits per heavy atom. The highest BCUT2D eigenvalue weighted by Gasteiger charge is 2.22. The van der Waals surface area contributed by atoms with Crippen LogP contribution in [0.1, 0.15) is 17.2 Å². The number of H-pyrrole nitrogens is 1. The van der Waals surface area contributed by atoms with Gasteiger partial charge < -0.3 is 9.73 Å². The summed E-state index contributed by atoms with van der Waals surface area (Å²) in [5.41, 5.74) is 2.85. The molecule has 1 unspecified atom stereocenters. The third kappa shape index (κ3) is 3.83. The molecule has 0 saturated carbocycles. The number of oxazole rings is 1. The SMILES string of the molecule is O=C(Nc1ccc2oc(=O)[nH]c2c1)C(Cc1ccccn1)c1ccc(F)cc1. The Balaban J connectivity index is 1.62. The summed E-state index contributed by atoms with van der Waals surface area (Å²) in [6, 6.07) is 16.2. The number of anilines is 1. The lowest BCUT2D eigenvalue weighted by molar-refractivity contribution is -0.117. The summed E-state index contributed by atoms with van der Waals surface area (Å²) in [7, 11) is 0. The molecule has 1 atom stereocenters. The Labute approximate surface area is 159 Å². The lowest BCUT2D eigenvalue weighted by atomic mass is 9.93. The van der Waals surface area contributed by atoms with Gasteiger partial charge in [-0.2, -0.15) is 0 Å². The summed E-state index contributed by atoms with van der Waals surface area (Å²) in [6.45, 7) is 0. The monoisotopic (exact) mass is 377 g/mol. The van der Waals surface area contributed by atoms with Crippen LogP contribution in [0, 0.1) is 5.82 Å². The molecule has 0 aliphatic rings. The molecule has 1 amide bonds. The summed E-state index contributed by atoms with van der Waals surface area (Å²) in [6.07, 6.45) is 2.03. The molecular weight excluding hydrogens is 361 g/mol. The van der Waals surface area contributed by atoms with Crippen molar-refractivity contribution < 1.29 is 13.6 Å². The first kappa shape index (κ1) is 17.7. The molecule has 2 aromatic heterocycles. The Kier molecular flexibility index (Phi) is 4.72. The van der Waals surface area contributed by atoms with Crippen molar-refractivity contribution in [1.82, 2.24) is 9.97 Å². The Hall–Kier alpha value is -3.74. The van der Waals surface area contributed by atoms with E-state index in [-0.39, 0.29) is 11.7 Å². The van der Waals surface area contributed by atoms with Crippen LogP contribution in [0.5, 0.6) is 0 Å².